The van der Waals surface area contributed by atoms with E-state index in [0.29, 0.717) is 5.56 Å². The van der Waals surface area contributed by atoms with E-state index in [1.807, 2.05) is 72.8 Å². The zero-order valence-electron chi connectivity index (χ0n) is 23.2. The molecule has 0 saturated carbocycles. The third-order valence-electron chi connectivity index (χ3n) is 5.66. The van der Waals surface area contributed by atoms with Crippen LogP contribution in [0.15, 0.2) is 84.9 Å². The van der Waals surface area contributed by atoms with Crippen LogP contribution in [0.25, 0.3) is 11.1 Å². The van der Waals surface area contributed by atoms with Gasteiger partial charge in [-0.05, 0) is 22.3 Å². The minimum atomic E-state index is -5.08. The normalized spacial score (nSPS) is 11.2. The number of hydrogen-bond acceptors (Lipinski definition) is 6. The van der Waals surface area contributed by atoms with Crippen molar-refractivity contribution < 1.29 is 52.1 Å². The fraction of sp³-hybridized carbons (Fsp3) is 0.233. The second kappa shape index (κ2) is 17.5. The number of hydrogen-bond donors (Lipinski definition) is 5. The molecule has 0 radical (unpaired) electrons. The Morgan fingerprint density at radius 3 is 1.84 bits per heavy atom. The average molecular weight is 618 g/mol. The van der Waals surface area contributed by atoms with Gasteiger partial charge in [-0.25, -0.2) is 9.59 Å². The molecule has 0 fully saturated rings. The maximum Gasteiger partial charge on any atom is 0.490 e. The van der Waals surface area contributed by atoms with Gasteiger partial charge in [-0.3, -0.25) is 14.4 Å². The predicted molar refractivity (Wildman–Crippen MR) is 151 cm³/mol. The lowest BCUT2D eigenvalue weighted by molar-refractivity contribution is -0.192. The van der Waals surface area contributed by atoms with Crippen LogP contribution in [0.2, 0.25) is 0 Å². The van der Waals surface area contributed by atoms with E-state index in [1.165, 1.54) is 0 Å². The molecule has 3 amide bonds. The van der Waals surface area contributed by atoms with Crippen molar-refractivity contribution in [1.82, 2.24) is 16.0 Å². The first-order valence-corrected chi connectivity index (χ1v) is 13.0. The lowest BCUT2D eigenvalue weighted by atomic mass is 9.99. The molecule has 0 spiro atoms. The quantitative estimate of drug-likeness (QED) is 0.203. The van der Waals surface area contributed by atoms with E-state index >= 15 is 0 Å². The van der Waals surface area contributed by atoms with Crippen LogP contribution in [0.3, 0.4) is 0 Å². The van der Waals surface area contributed by atoms with E-state index in [-0.39, 0.29) is 32.5 Å². The van der Waals surface area contributed by atoms with Gasteiger partial charge in [-0.15, -0.1) is 0 Å². The van der Waals surface area contributed by atoms with Gasteiger partial charge in [0.2, 0.25) is 11.8 Å². The number of halogens is 3. The molecular weight excluding hydrogens is 587 g/mol. The van der Waals surface area contributed by atoms with E-state index < -0.39 is 42.1 Å². The maximum absolute atomic E-state index is 12.4. The highest BCUT2D eigenvalue weighted by atomic mass is 19.4. The van der Waals surface area contributed by atoms with Gasteiger partial charge in [0.15, 0.2) is 0 Å². The van der Waals surface area contributed by atoms with Crippen LogP contribution in [0.5, 0.6) is 0 Å². The van der Waals surface area contributed by atoms with Gasteiger partial charge in [0.05, 0.1) is 19.0 Å². The topological polar surface area (TPSA) is 171 Å². The molecule has 3 rings (SSSR count). The Labute approximate surface area is 250 Å². The molecule has 14 heteroatoms. The van der Waals surface area contributed by atoms with Crippen LogP contribution in [0, 0.1) is 0 Å². The van der Waals surface area contributed by atoms with Crippen LogP contribution < -0.4 is 16.0 Å². The molecular formula is C30H30F3N3O8. The van der Waals surface area contributed by atoms with Crippen molar-refractivity contribution in [3.63, 3.8) is 0 Å². The van der Waals surface area contributed by atoms with Gasteiger partial charge < -0.3 is 30.9 Å². The number of carbonyl (C=O) groups excluding carboxylic acids is 3. The molecule has 0 bridgehead atoms. The van der Waals surface area contributed by atoms with Gasteiger partial charge in [0.1, 0.15) is 6.61 Å². The third kappa shape index (κ3) is 13.5. The lowest BCUT2D eigenvalue weighted by Gasteiger charge is -2.18. The highest BCUT2D eigenvalue weighted by Crippen LogP contribution is 2.23. The zero-order valence-corrected chi connectivity index (χ0v) is 23.2. The van der Waals surface area contributed by atoms with Gasteiger partial charge >= 0.3 is 24.2 Å². The molecule has 5 N–H and O–H groups in total. The monoisotopic (exact) mass is 617 g/mol. The van der Waals surface area contributed by atoms with Crippen molar-refractivity contribution in [2.24, 2.45) is 0 Å². The molecule has 0 aliphatic heterocycles. The average Bonchev–Trinajstić information content (AvgIpc) is 2.99. The number of amides is 3. The lowest BCUT2D eigenvalue weighted by Crippen LogP contribution is -2.40. The largest absolute Gasteiger partial charge is 0.490 e. The number of benzene rings is 3. The van der Waals surface area contributed by atoms with Crippen LogP contribution in [0.4, 0.5) is 18.0 Å². The molecule has 3 aromatic carbocycles. The molecule has 0 aliphatic carbocycles. The number of aliphatic carboxylic acids is 2. The molecule has 1 atom stereocenters. The van der Waals surface area contributed by atoms with Crippen LogP contribution in [0.1, 0.15) is 30.0 Å². The molecule has 0 aromatic heterocycles. The van der Waals surface area contributed by atoms with E-state index in [9.17, 15) is 37.5 Å². The molecule has 0 aliphatic rings. The summed E-state index contributed by atoms with van der Waals surface area (Å²) < 4.78 is 36.8. The molecule has 1 unspecified atom stereocenters. The minimum Gasteiger partial charge on any atom is -0.481 e. The highest BCUT2D eigenvalue weighted by molar-refractivity contribution is 5.85. The van der Waals surface area contributed by atoms with Crippen molar-refractivity contribution in [3.05, 3.63) is 96.1 Å². The van der Waals surface area contributed by atoms with E-state index in [2.05, 4.69) is 16.0 Å². The Morgan fingerprint density at radius 1 is 0.750 bits per heavy atom. The smallest absolute Gasteiger partial charge is 0.481 e. The van der Waals surface area contributed by atoms with Crippen molar-refractivity contribution in [1.29, 1.82) is 0 Å². The summed E-state index contributed by atoms with van der Waals surface area (Å²) in [5.74, 6) is -4.79. The summed E-state index contributed by atoms with van der Waals surface area (Å²) in [6, 6.07) is 25.4. The number of carbonyl (C=O) groups is 5. The first-order chi connectivity index (χ1) is 20.8. The summed E-state index contributed by atoms with van der Waals surface area (Å²) in [5.41, 5.74) is 3.47. The first kappa shape index (κ1) is 34.8. The number of alkyl halides is 3. The number of carboxylic acid groups (broad SMARTS) is 2. The molecule has 11 nitrogen and oxygen atoms in total. The van der Waals surface area contributed by atoms with Crippen LogP contribution in [-0.4, -0.2) is 59.3 Å². The Hall–Kier alpha value is -5.40. The summed E-state index contributed by atoms with van der Waals surface area (Å²) in [6.45, 7) is -0.169. The number of alkyl carbamates (subject to hydrolysis) is 1. The highest BCUT2D eigenvalue weighted by Gasteiger charge is 2.38. The van der Waals surface area contributed by atoms with Gasteiger partial charge in [0.25, 0.3) is 0 Å². The standard InChI is InChI=1S/C28H29N3O6.C2HF3O2/c32-25(15-16-29-28(36)37-19-20-7-3-1-4-8-20)30-18-26(33)31-24(17-27(34)35)23-13-11-22(12-14-23)21-9-5-2-6-10-21;3-2(4,5)1(6)7/h1-14,24H,15-19H2,(H,29,36)(H,30,32)(H,31,33)(H,34,35);(H,6,7). The van der Waals surface area contributed by atoms with Crippen molar-refractivity contribution in [2.75, 3.05) is 13.1 Å². The van der Waals surface area contributed by atoms with Crippen molar-refractivity contribution in [2.45, 2.75) is 31.7 Å². The molecule has 0 heterocycles. The zero-order chi connectivity index (χ0) is 32.5. The van der Waals surface area contributed by atoms with Crippen molar-refractivity contribution >= 4 is 29.8 Å². The number of carboxylic acids is 2. The molecule has 0 saturated heterocycles. The summed E-state index contributed by atoms with van der Waals surface area (Å²) in [4.78, 5) is 56.4. The number of rotatable bonds is 12. The third-order valence-corrected chi connectivity index (χ3v) is 5.66. The maximum atomic E-state index is 12.4. The van der Waals surface area contributed by atoms with Gasteiger partial charge in [-0.1, -0.05) is 84.9 Å². The van der Waals surface area contributed by atoms with Gasteiger partial charge in [-0.2, -0.15) is 13.2 Å². The second-order valence-electron chi connectivity index (χ2n) is 9.02. The minimum absolute atomic E-state index is 0.0382. The van der Waals surface area contributed by atoms with E-state index in [0.717, 1.165) is 16.7 Å². The first-order valence-electron chi connectivity index (χ1n) is 13.0. The molecule has 234 valence electrons. The van der Waals surface area contributed by atoms with E-state index in [4.69, 9.17) is 14.6 Å². The molecule has 44 heavy (non-hydrogen) atoms. The van der Waals surface area contributed by atoms with Crippen LogP contribution in [-0.2, 0) is 30.5 Å². The number of nitrogens with one attached hydrogen (secondary N) is 3. The Bertz CT molecular complexity index is 1390. The summed E-state index contributed by atoms with van der Waals surface area (Å²) in [5, 5.41) is 24.0. The fourth-order valence-corrected chi connectivity index (χ4v) is 3.53. The second-order valence-corrected chi connectivity index (χ2v) is 9.02. The van der Waals surface area contributed by atoms with Crippen molar-refractivity contribution in [3.8, 4) is 11.1 Å². The summed E-state index contributed by atoms with van der Waals surface area (Å²) >= 11 is 0. The predicted octanol–water partition coefficient (Wildman–Crippen LogP) is 4.05. The van der Waals surface area contributed by atoms with Crippen LogP contribution >= 0.6 is 0 Å². The Kier molecular flexibility index (Phi) is 13.9. The Morgan fingerprint density at radius 2 is 1.30 bits per heavy atom. The van der Waals surface area contributed by atoms with Gasteiger partial charge in [0, 0.05) is 13.0 Å². The fourth-order valence-electron chi connectivity index (χ4n) is 3.53. The number of ether oxygens (including phenoxy) is 1. The summed E-state index contributed by atoms with van der Waals surface area (Å²) in [7, 11) is 0. The summed E-state index contributed by atoms with van der Waals surface area (Å²) in [6.07, 6.45) is -6.09. The van der Waals surface area contributed by atoms with E-state index in [1.54, 1.807) is 12.1 Å². The SMILES string of the molecule is O=C(O)C(F)(F)F.O=C(O)CC(NC(=O)CNC(=O)CCNC(=O)OCc1ccccc1)c1ccc(-c2ccccc2)cc1. The Balaban J connectivity index is 0.000000860. The molecule has 3 aromatic rings.